The Kier molecular flexibility index (Phi) is 4.40. The van der Waals surface area contributed by atoms with Gasteiger partial charge in [0.25, 0.3) is 5.91 Å². The maximum absolute atomic E-state index is 13.0. The average molecular weight is 349 g/mol. The summed E-state index contributed by atoms with van der Waals surface area (Å²) < 4.78 is 18.0. The van der Waals surface area contributed by atoms with Crippen molar-refractivity contribution >= 4 is 29.2 Å². The SMILES string of the molecule is COc1ccc(N2C(=O)CN(Cc3ccc(F)cc3)C2=O)cc1Cl. The third kappa shape index (κ3) is 3.05. The second-order valence-corrected chi connectivity index (χ2v) is 5.72. The first kappa shape index (κ1) is 16.3. The van der Waals surface area contributed by atoms with Crippen LogP contribution in [0.4, 0.5) is 14.9 Å². The van der Waals surface area contributed by atoms with Crippen molar-refractivity contribution in [2.45, 2.75) is 6.54 Å². The van der Waals surface area contributed by atoms with Crippen LogP contribution in [0.2, 0.25) is 5.02 Å². The number of rotatable bonds is 4. The van der Waals surface area contributed by atoms with Crippen molar-refractivity contribution in [1.29, 1.82) is 0 Å². The number of halogens is 2. The Labute approximate surface area is 143 Å². The molecule has 5 nitrogen and oxygen atoms in total. The lowest BCUT2D eigenvalue weighted by Crippen LogP contribution is -2.32. The largest absolute Gasteiger partial charge is 0.495 e. The smallest absolute Gasteiger partial charge is 0.332 e. The van der Waals surface area contributed by atoms with Crippen LogP contribution in [0.5, 0.6) is 5.75 Å². The van der Waals surface area contributed by atoms with Crippen LogP contribution in [-0.4, -0.2) is 30.5 Å². The molecule has 0 aliphatic carbocycles. The fourth-order valence-corrected chi connectivity index (χ4v) is 2.78. The standard InChI is InChI=1S/C17H14ClFN2O3/c1-24-15-7-6-13(8-14(15)18)21-16(22)10-20(17(21)23)9-11-2-4-12(19)5-3-11/h2-8H,9-10H2,1H3. The number of methoxy groups -OCH3 is 1. The predicted molar refractivity (Wildman–Crippen MR) is 87.7 cm³/mol. The second-order valence-electron chi connectivity index (χ2n) is 5.31. The summed E-state index contributed by atoms with van der Waals surface area (Å²) in [6.07, 6.45) is 0. The van der Waals surface area contributed by atoms with Gasteiger partial charge in [0, 0.05) is 6.54 Å². The zero-order valence-electron chi connectivity index (χ0n) is 12.8. The average Bonchev–Trinajstić information content (AvgIpc) is 2.83. The summed E-state index contributed by atoms with van der Waals surface area (Å²) in [6.45, 7) is 0.186. The molecule has 1 heterocycles. The van der Waals surface area contributed by atoms with E-state index in [1.807, 2.05) is 0 Å². The Morgan fingerprint density at radius 2 is 1.88 bits per heavy atom. The summed E-state index contributed by atoms with van der Waals surface area (Å²) in [6, 6.07) is 10.1. The molecule has 0 atom stereocenters. The molecular formula is C17H14ClFN2O3. The highest BCUT2D eigenvalue weighted by atomic mass is 35.5. The number of nitrogens with zero attached hydrogens (tertiary/aromatic N) is 2. The number of ether oxygens (including phenoxy) is 1. The molecule has 0 aromatic heterocycles. The molecule has 3 rings (SSSR count). The van der Waals surface area contributed by atoms with Crippen molar-refractivity contribution in [3.05, 3.63) is 58.9 Å². The highest BCUT2D eigenvalue weighted by Crippen LogP contribution is 2.31. The Morgan fingerprint density at radius 1 is 1.17 bits per heavy atom. The second kappa shape index (κ2) is 6.49. The van der Waals surface area contributed by atoms with Gasteiger partial charge in [-0.3, -0.25) is 4.79 Å². The van der Waals surface area contributed by atoms with Gasteiger partial charge in [-0.2, -0.15) is 0 Å². The number of anilines is 1. The molecule has 1 aliphatic heterocycles. The van der Waals surface area contributed by atoms with Crippen molar-refractivity contribution in [2.24, 2.45) is 0 Å². The lowest BCUT2D eigenvalue weighted by atomic mass is 10.2. The summed E-state index contributed by atoms with van der Waals surface area (Å²) in [5.74, 6) is -0.233. The van der Waals surface area contributed by atoms with Gasteiger partial charge in [-0.1, -0.05) is 23.7 Å². The van der Waals surface area contributed by atoms with Crippen LogP contribution in [0.25, 0.3) is 0 Å². The van der Waals surface area contributed by atoms with E-state index in [9.17, 15) is 14.0 Å². The quantitative estimate of drug-likeness (QED) is 0.795. The maximum Gasteiger partial charge on any atom is 0.332 e. The number of hydrogen-bond acceptors (Lipinski definition) is 3. The van der Waals surface area contributed by atoms with Gasteiger partial charge in [0.15, 0.2) is 0 Å². The van der Waals surface area contributed by atoms with Gasteiger partial charge >= 0.3 is 6.03 Å². The fraction of sp³-hybridized carbons (Fsp3) is 0.176. The van der Waals surface area contributed by atoms with Crippen molar-refractivity contribution in [1.82, 2.24) is 4.90 Å². The molecule has 1 aliphatic rings. The third-order valence-electron chi connectivity index (χ3n) is 3.72. The highest BCUT2D eigenvalue weighted by Gasteiger charge is 2.37. The number of benzene rings is 2. The van der Waals surface area contributed by atoms with E-state index in [1.165, 1.54) is 30.2 Å². The molecule has 2 aromatic rings. The molecule has 1 fully saturated rings. The zero-order chi connectivity index (χ0) is 17.3. The molecule has 0 N–H and O–H groups in total. The van der Waals surface area contributed by atoms with E-state index < -0.39 is 6.03 Å². The zero-order valence-corrected chi connectivity index (χ0v) is 13.6. The van der Waals surface area contributed by atoms with Crippen LogP contribution in [-0.2, 0) is 11.3 Å². The number of hydrogen-bond donors (Lipinski definition) is 0. The molecule has 24 heavy (non-hydrogen) atoms. The van der Waals surface area contributed by atoms with Gasteiger partial charge in [0.2, 0.25) is 0 Å². The fourth-order valence-electron chi connectivity index (χ4n) is 2.53. The van der Waals surface area contributed by atoms with Gasteiger partial charge in [0.1, 0.15) is 18.1 Å². The Bertz CT molecular complexity index is 795. The summed E-state index contributed by atoms with van der Waals surface area (Å²) in [5.41, 5.74) is 1.13. The highest BCUT2D eigenvalue weighted by molar-refractivity contribution is 6.32. The summed E-state index contributed by atoms with van der Waals surface area (Å²) >= 11 is 6.06. The molecule has 0 spiro atoms. The van der Waals surface area contributed by atoms with Crippen molar-refractivity contribution in [2.75, 3.05) is 18.6 Å². The molecule has 2 aromatic carbocycles. The van der Waals surface area contributed by atoms with Gasteiger partial charge in [-0.05, 0) is 35.9 Å². The number of carbonyl (C=O) groups excluding carboxylic acids is 2. The molecule has 0 radical (unpaired) electrons. The summed E-state index contributed by atoms with van der Waals surface area (Å²) in [7, 11) is 1.48. The molecule has 3 amide bonds. The molecule has 0 saturated carbocycles. The van der Waals surface area contributed by atoms with Crippen LogP contribution < -0.4 is 9.64 Å². The third-order valence-corrected chi connectivity index (χ3v) is 4.01. The van der Waals surface area contributed by atoms with Crippen LogP contribution in [0, 0.1) is 5.82 Å². The van der Waals surface area contributed by atoms with Crippen LogP contribution >= 0.6 is 11.6 Å². The Hall–Kier alpha value is -2.60. The van der Waals surface area contributed by atoms with Crippen LogP contribution in [0.15, 0.2) is 42.5 Å². The molecule has 0 unspecified atom stereocenters. The minimum atomic E-state index is -0.439. The maximum atomic E-state index is 13.0. The first-order valence-corrected chi connectivity index (χ1v) is 7.57. The molecule has 1 saturated heterocycles. The lowest BCUT2D eigenvalue weighted by molar-refractivity contribution is -0.116. The van der Waals surface area contributed by atoms with E-state index in [4.69, 9.17) is 16.3 Å². The van der Waals surface area contributed by atoms with Crippen molar-refractivity contribution in [3.63, 3.8) is 0 Å². The number of amides is 3. The van der Waals surface area contributed by atoms with Crippen LogP contribution in [0.3, 0.4) is 0 Å². The molecule has 124 valence electrons. The number of urea groups is 1. The summed E-state index contributed by atoms with van der Waals surface area (Å²) in [4.78, 5) is 27.2. The topological polar surface area (TPSA) is 49.9 Å². The van der Waals surface area contributed by atoms with Gasteiger partial charge in [-0.15, -0.1) is 0 Å². The number of imide groups is 1. The normalized spacial score (nSPS) is 14.5. The molecule has 0 bridgehead atoms. The van der Waals surface area contributed by atoms with E-state index in [2.05, 4.69) is 0 Å². The summed E-state index contributed by atoms with van der Waals surface area (Å²) in [5, 5.41) is 0.313. The Morgan fingerprint density at radius 3 is 2.50 bits per heavy atom. The monoisotopic (exact) mass is 348 g/mol. The van der Waals surface area contributed by atoms with Gasteiger partial charge < -0.3 is 9.64 Å². The molecule has 7 heteroatoms. The van der Waals surface area contributed by atoms with E-state index in [0.717, 1.165) is 10.5 Å². The van der Waals surface area contributed by atoms with Crippen molar-refractivity contribution < 1.29 is 18.7 Å². The minimum absolute atomic E-state index is 0.0418. The van der Waals surface area contributed by atoms with E-state index in [1.54, 1.807) is 24.3 Å². The molecular weight excluding hydrogens is 335 g/mol. The van der Waals surface area contributed by atoms with E-state index >= 15 is 0 Å². The minimum Gasteiger partial charge on any atom is -0.495 e. The van der Waals surface area contributed by atoms with Gasteiger partial charge in [-0.25, -0.2) is 14.1 Å². The van der Waals surface area contributed by atoms with Crippen LogP contribution in [0.1, 0.15) is 5.56 Å². The van der Waals surface area contributed by atoms with Gasteiger partial charge in [0.05, 0.1) is 17.8 Å². The first-order valence-electron chi connectivity index (χ1n) is 7.19. The van der Waals surface area contributed by atoms with E-state index in [-0.39, 0.29) is 24.8 Å². The lowest BCUT2D eigenvalue weighted by Gasteiger charge is -2.18. The Balaban J connectivity index is 1.81. The first-order chi connectivity index (χ1) is 11.5. The predicted octanol–water partition coefficient (Wildman–Crippen LogP) is 3.46. The number of carbonyl (C=O) groups is 2. The van der Waals surface area contributed by atoms with Crippen molar-refractivity contribution in [3.8, 4) is 5.75 Å². The van der Waals surface area contributed by atoms with E-state index in [0.29, 0.717) is 16.5 Å².